The Morgan fingerprint density at radius 2 is 1.95 bits per heavy atom. The standard InChI is InChI=1S/C16H24N2O/c1-12-4-3-5-13(2)18(11-12)16(19)10-14-6-8-15(17)9-7-14/h6-9,12-13H,3-5,10-11,17H2,1-2H3. The fourth-order valence-corrected chi connectivity index (χ4v) is 2.78. The Labute approximate surface area is 115 Å². The third-order valence-electron chi connectivity index (χ3n) is 4.01. The van der Waals surface area contributed by atoms with E-state index in [0.717, 1.165) is 24.2 Å². The molecule has 0 spiro atoms. The molecule has 0 radical (unpaired) electrons. The summed E-state index contributed by atoms with van der Waals surface area (Å²) in [6.07, 6.45) is 4.07. The summed E-state index contributed by atoms with van der Waals surface area (Å²) in [5.41, 5.74) is 7.45. The number of anilines is 1. The van der Waals surface area contributed by atoms with E-state index in [-0.39, 0.29) is 5.91 Å². The minimum Gasteiger partial charge on any atom is -0.399 e. The molecular formula is C16H24N2O. The lowest BCUT2D eigenvalue weighted by Gasteiger charge is -2.29. The zero-order valence-corrected chi connectivity index (χ0v) is 11.9. The van der Waals surface area contributed by atoms with Crippen molar-refractivity contribution in [1.82, 2.24) is 4.90 Å². The van der Waals surface area contributed by atoms with E-state index in [9.17, 15) is 4.79 Å². The van der Waals surface area contributed by atoms with E-state index in [1.807, 2.05) is 24.3 Å². The van der Waals surface area contributed by atoms with Crippen LogP contribution in [0.5, 0.6) is 0 Å². The third kappa shape index (κ3) is 3.72. The molecule has 1 amide bonds. The summed E-state index contributed by atoms with van der Waals surface area (Å²) >= 11 is 0. The molecule has 2 N–H and O–H groups in total. The van der Waals surface area contributed by atoms with Gasteiger partial charge in [0.25, 0.3) is 0 Å². The number of hydrogen-bond donors (Lipinski definition) is 1. The van der Waals surface area contributed by atoms with Crippen molar-refractivity contribution in [3.8, 4) is 0 Å². The fourth-order valence-electron chi connectivity index (χ4n) is 2.78. The quantitative estimate of drug-likeness (QED) is 0.831. The number of carbonyl (C=O) groups is 1. The topological polar surface area (TPSA) is 46.3 Å². The van der Waals surface area contributed by atoms with Crippen LogP contribution in [0.4, 0.5) is 5.69 Å². The largest absolute Gasteiger partial charge is 0.399 e. The van der Waals surface area contributed by atoms with Crippen molar-refractivity contribution >= 4 is 11.6 Å². The first-order valence-electron chi connectivity index (χ1n) is 7.20. The molecule has 1 fully saturated rings. The smallest absolute Gasteiger partial charge is 0.227 e. The van der Waals surface area contributed by atoms with Crippen LogP contribution in [0.15, 0.2) is 24.3 Å². The number of benzene rings is 1. The molecule has 3 nitrogen and oxygen atoms in total. The molecule has 1 heterocycles. The lowest BCUT2D eigenvalue weighted by Crippen LogP contribution is -2.40. The van der Waals surface area contributed by atoms with Crippen LogP contribution in [0.2, 0.25) is 0 Å². The summed E-state index contributed by atoms with van der Waals surface area (Å²) in [6.45, 7) is 5.30. The van der Waals surface area contributed by atoms with Crippen LogP contribution in [0.25, 0.3) is 0 Å². The van der Waals surface area contributed by atoms with Gasteiger partial charge < -0.3 is 10.6 Å². The molecule has 0 saturated carbocycles. The number of amides is 1. The van der Waals surface area contributed by atoms with Gasteiger partial charge in [-0.1, -0.05) is 25.5 Å². The average molecular weight is 260 g/mol. The van der Waals surface area contributed by atoms with Crippen molar-refractivity contribution in [3.63, 3.8) is 0 Å². The summed E-state index contributed by atoms with van der Waals surface area (Å²) in [5, 5.41) is 0. The second-order valence-electron chi connectivity index (χ2n) is 5.85. The van der Waals surface area contributed by atoms with Gasteiger partial charge >= 0.3 is 0 Å². The number of carbonyl (C=O) groups excluding carboxylic acids is 1. The van der Waals surface area contributed by atoms with Crippen molar-refractivity contribution in [2.45, 2.75) is 45.6 Å². The van der Waals surface area contributed by atoms with E-state index in [1.54, 1.807) is 0 Å². The molecule has 1 aliphatic rings. The molecule has 1 aromatic rings. The van der Waals surface area contributed by atoms with Gasteiger partial charge in [-0.2, -0.15) is 0 Å². The molecule has 0 bridgehead atoms. The molecule has 104 valence electrons. The molecule has 1 aromatic carbocycles. The van der Waals surface area contributed by atoms with Crippen molar-refractivity contribution in [3.05, 3.63) is 29.8 Å². The van der Waals surface area contributed by atoms with Crippen LogP contribution in [-0.2, 0) is 11.2 Å². The van der Waals surface area contributed by atoms with Gasteiger partial charge in [-0.25, -0.2) is 0 Å². The number of nitrogen functional groups attached to an aromatic ring is 1. The zero-order chi connectivity index (χ0) is 13.8. The summed E-state index contributed by atoms with van der Waals surface area (Å²) in [4.78, 5) is 14.5. The Kier molecular flexibility index (Phi) is 4.46. The van der Waals surface area contributed by atoms with E-state index in [4.69, 9.17) is 5.73 Å². The molecule has 0 aromatic heterocycles. The van der Waals surface area contributed by atoms with Crippen molar-refractivity contribution in [2.75, 3.05) is 12.3 Å². The number of likely N-dealkylation sites (tertiary alicyclic amines) is 1. The monoisotopic (exact) mass is 260 g/mol. The molecule has 0 aliphatic carbocycles. The molecule has 2 atom stereocenters. The Hall–Kier alpha value is -1.51. The predicted octanol–water partition coefficient (Wildman–Crippen LogP) is 2.85. The van der Waals surface area contributed by atoms with Crippen LogP contribution in [-0.4, -0.2) is 23.4 Å². The molecule has 3 heteroatoms. The van der Waals surface area contributed by atoms with Gasteiger partial charge in [0, 0.05) is 18.3 Å². The Morgan fingerprint density at radius 1 is 1.26 bits per heavy atom. The average Bonchev–Trinajstić information content (AvgIpc) is 2.54. The van der Waals surface area contributed by atoms with Crippen LogP contribution < -0.4 is 5.73 Å². The van der Waals surface area contributed by atoms with Gasteiger partial charge in [-0.15, -0.1) is 0 Å². The molecular weight excluding hydrogens is 236 g/mol. The summed E-state index contributed by atoms with van der Waals surface area (Å²) < 4.78 is 0. The summed E-state index contributed by atoms with van der Waals surface area (Å²) in [6, 6.07) is 7.97. The van der Waals surface area contributed by atoms with Crippen LogP contribution >= 0.6 is 0 Å². The highest BCUT2D eigenvalue weighted by Crippen LogP contribution is 2.21. The fraction of sp³-hybridized carbons (Fsp3) is 0.562. The van der Waals surface area contributed by atoms with E-state index in [1.165, 1.54) is 12.8 Å². The Bertz CT molecular complexity index is 427. The lowest BCUT2D eigenvalue weighted by atomic mass is 10.1. The van der Waals surface area contributed by atoms with Crippen LogP contribution in [0.1, 0.15) is 38.7 Å². The van der Waals surface area contributed by atoms with Crippen molar-refractivity contribution in [1.29, 1.82) is 0 Å². The first-order chi connectivity index (χ1) is 9.06. The van der Waals surface area contributed by atoms with Crippen LogP contribution in [0.3, 0.4) is 0 Å². The molecule has 2 unspecified atom stereocenters. The summed E-state index contributed by atoms with van der Waals surface area (Å²) in [7, 11) is 0. The SMILES string of the molecule is CC1CCCC(C)N(C(=O)Cc2ccc(N)cc2)C1. The number of nitrogens with two attached hydrogens (primary N) is 1. The van der Waals surface area contributed by atoms with Gasteiger partial charge in [-0.3, -0.25) is 4.79 Å². The first-order valence-corrected chi connectivity index (χ1v) is 7.20. The second kappa shape index (κ2) is 6.09. The molecule has 2 rings (SSSR count). The van der Waals surface area contributed by atoms with E-state index >= 15 is 0 Å². The maximum atomic E-state index is 12.5. The predicted molar refractivity (Wildman–Crippen MR) is 78.7 cm³/mol. The van der Waals surface area contributed by atoms with Gasteiger partial charge in [-0.05, 0) is 43.4 Å². The highest BCUT2D eigenvalue weighted by molar-refractivity contribution is 5.79. The molecule has 19 heavy (non-hydrogen) atoms. The van der Waals surface area contributed by atoms with Gasteiger partial charge in [0.05, 0.1) is 6.42 Å². The molecule has 1 saturated heterocycles. The summed E-state index contributed by atoms with van der Waals surface area (Å²) in [5.74, 6) is 0.853. The minimum absolute atomic E-state index is 0.242. The number of nitrogens with zero attached hydrogens (tertiary/aromatic N) is 1. The highest BCUT2D eigenvalue weighted by Gasteiger charge is 2.24. The maximum Gasteiger partial charge on any atom is 0.227 e. The van der Waals surface area contributed by atoms with E-state index in [2.05, 4.69) is 18.7 Å². The van der Waals surface area contributed by atoms with E-state index in [0.29, 0.717) is 18.4 Å². The Morgan fingerprint density at radius 3 is 2.63 bits per heavy atom. The van der Waals surface area contributed by atoms with Crippen molar-refractivity contribution < 1.29 is 4.79 Å². The first kappa shape index (κ1) is 13.9. The van der Waals surface area contributed by atoms with Crippen LogP contribution in [0, 0.1) is 5.92 Å². The van der Waals surface area contributed by atoms with E-state index < -0.39 is 0 Å². The van der Waals surface area contributed by atoms with Gasteiger partial charge in [0.1, 0.15) is 0 Å². The lowest BCUT2D eigenvalue weighted by molar-refractivity contribution is -0.132. The third-order valence-corrected chi connectivity index (χ3v) is 4.01. The maximum absolute atomic E-state index is 12.5. The van der Waals surface area contributed by atoms with Gasteiger partial charge in [0.2, 0.25) is 5.91 Å². The Balaban J connectivity index is 2.03. The normalized spacial score (nSPS) is 24.0. The second-order valence-corrected chi connectivity index (χ2v) is 5.85. The zero-order valence-electron chi connectivity index (χ0n) is 11.9. The van der Waals surface area contributed by atoms with Crippen molar-refractivity contribution in [2.24, 2.45) is 5.92 Å². The molecule has 1 aliphatic heterocycles. The minimum atomic E-state index is 0.242. The number of rotatable bonds is 2. The highest BCUT2D eigenvalue weighted by atomic mass is 16.2. The number of hydrogen-bond acceptors (Lipinski definition) is 2. The van der Waals surface area contributed by atoms with Gasteiger partial charge in [0.15, 0.2) is 0 Å².